The molecule has 1 heterocycles. The molecule has 1 amide bonds. The first-order valence-electron chi connectivity index (χ1n) is 6.91. The number of aromatic nitrogens is 1. The summed E-state index contributed by atoms with van der Waals surface area (Å²) < 4.78 is 0. The van der Waals surface area contributed by atoms with E-state index in [4.69, 9.17) is 11.6 Å². The van der Waals surface area contributed by atoms with Gasteiger partial charge in [0.15, 0.2) is 0 Å². The normalized spacial score (nSPS) is 14.0. The van der Waals surface area contributed by atoms with Crippen LogP contribution in [0.2, 0.25) is 5.02 Å². The van der Waals surface area contributed by atoms with Gasteiger partial charge in [-0.1, -0.05) is 23.7 Å². The molecule has 5 heteroatoms. The lowest BCUT2D eigenvalue weighted by Crippen LogP contribution is -2.31. The number of carbonyl (C=O) groups excluding carboxylic acids is 1. The Morgan fingerprint density at radius 2 is 1.90 bits per heavy atom. The molecule has 1 aromatic carbocycles. The maximum atomic E-state index is 12.0. The second-order valence-corrected chi connectivity index (χ2v) is 5.71. The number of benzene rings is 1. The Hall–Kier alpha value is -2.07. The van der Waals surface area contributed by atoms with E-state index in [9.17, 15) is 9.59 Å². The SMILES string of the molecule is O=C(NCC1CC1)c1ccc(-c2ccc(Cl)cc2)[nH]c1=O. The van der Waals surface area contributed by atoms with Gasteiger partial charge >= 0.3 is 0 Å². The van der Waals surface area contributed by atoms with E-state index in [1.54, 1.807) is 24.3 Å². The van der Waals surface area contributed by atoms with Crippen LogP contribution in [-0.4, -0.2) is 17.4 Å². The van der Waals surface area contributed by atoms with Crippen molar-refractivity contribution in [2.45, 2.75) is 12.8 Å². The van der Waals surface area contributed by atoms with Crippen LogP contribution >= 0.6 is 11.6 Å². The van der Waals surface area contributed by atoms with E-state index in [-0.39, 0.29) is 17.0 Å². The first kappa shape index (κ1) is 13.9. The van der Waals surface area contributed by atoms with Crippen LogP contribution in [0.25, 0.3) is 11.3 Å². The third-order valence-electron chi connectivity index (χ3n) is 3.56. The molecule has 2 aromatic rings. The maximum absolute atomic E-state index is 12.0. The average molecular weight is 303 g/mol. The Kier molecular flexibility index (Phi) is 3.80. The summed E-state index contributed by atoms with van der Waals surface area (Å²) in [5, 5.41) is 3.43. The highest BCUT2D eigenvalue weighted by atomic mass is 35.5. The summed E-state index contributed by atoms with van der Waals surface area (Å²) in [5.41, 5.74) is 1.28. The average Bonchev–Trinajstić information content (AvgIpc) is 3.29. The molecule has 0 saturated heterocycles. The molecule has 108 valence electrons. The molecule has 0 unspecified atom stereocenters. The molecular formula is C16H15ClN2O2. The topological polar surface area (TPSA) is 62.0 Å². The summed E-state index contributed by atoms with van der Waals surface area (Å²) in [6.07, 6.45) is 2.32. The van der Waals surface area contributed by atoms with Crippen LogP contribution in [-0.2, 0) is 0 Å². The van der Waals surface area contributed by atoms with Crippen LogP contribution in [0.3, 0.4) is 0 Å². The van der Waals surface area contributed by atoms with E-state index in [2.05, 4.69) is 10.3 Å². The summed E-state index contributed by atoms with van der Waals surface area (Å²) in [6.45, 7) is 0.650. The van der Waals surface area contributed by atoms with Gasteiger partial charge in [-0.15, -0.1) is 0 Å². The molecular weight excluding hydrogens is 288 g/mol. The number of H-pyrrole nitrogens is 1. The number of amides is 1. The van der Waals surface area contributed by atoms with E-state index < -0.39 is 0 Å². The van der Waals surface area contributed by atoms with Crippen molar-refractivity contribution in [2.24, 2.45) is 5.92 Å². The highest BCUT2D eigenvalue weighted by Gasteiger charge is 2.22. The molecule has 0 atom stereocenters. The molecule has 0 aliphatic heterocycles. The van der Waals surface area contributed by atoms with Gasteiger partial charge in [-0.2, -0.15) is 0 Å². The summed E-state index contributed by atoms with van der Waals surface area (Å²) in [4.78, 5) is 26.7. The predicted octanol–water partition coefficient (Wildman–Crippen LogP) is 2.84. The van der Waals surface area contributed by atoms with Crippen LogP contribution < -0.4 is 10.9 Å². The van der Waals surface area contributed by atoms with Crippen molar-refractivity contribution in [1.29, 1.82) is 0 Å². The fourth-order valence-corrected chi connectivity index (χ4v) is 2.23. The van der Waals surface area contributed by atoms with Crippen molar-refractivity contribution in [3.8, 4) is 11.3 Å². The zero-order valence-corrected chi connectivity index (χ0v) is 12.1. The minimum absolute atomic E-state index is 0.147. The zero-order valence-electron chi connectivity index (χ0n) is 11.4. The summed E-state index contributed by atoms with van der Waals surface area (Å²) >= 11 is 5.84. The Labute approximate surface area is 127 Å². The Morgan fingerprint density at radius 1 is 1.19 bits per heavy atom. The second-order valence-electron chi connectivity index (χ2n) is 5.28. The number of aromatic amines is 1. The quantitative estimate of drug-likeness (QED) is 0.912. The second kappa shape index (κ2) is 5.74. The lowest BCUT2D eigenvalue weighted by molar-refractivity contribution is 0.0950. The summed E-state index contributed by atoms with van der Waals surface area (Å²) in [6, 6.07) is 10.4. The Morgan fingerprint density at radius 3 is 2.52 bits per heavy atom. The van der Waals surface area contributed by atoms with Gasteiger partial charge in [0.1, 0.15) is 5.56 Å². The maximum Gasteiger partial charge on any atom is 0.261 e. The first-order chi connectivity index (χ1) is 10.1. The van der Waals surface area contributed by atoms with Crippen molar-refractivity contribution in [3.63, 3.8) is 0 Å². The molecule has 1 fully saturated rings. The van der Waals surface area contributed by atoms with Crippen molar-refractivity contribution in [1.82, 2.24) is 10.3 Å². The van der Waals surface area contributed by atoms with Gasteiger partial charge in [0.2, 0.25) is 0 Å². The molecule has 4 nitrogen and oxygen atoms in total. The molecule has 0 radical (unpaired) electrons. The smallest absolute Gasteiger partial charge is 0.261 e. The molecule has 2 N–H and O–H groups in total. The minimum atomic E-state index is -0.379. The molecule has 0 spiro atoms. The van der Waals surface area contributed by atoms with Crippen LogP contribution in [0, 0.1) is 5.92 Å². The molecule has 1 aromatic heterocycles. The Bertz CT molecular complexity index is 718. The standard InChI is InChI=1S/C16H15ClN2O2/c17-12-5-3-11(4-6-12)14-8-7-13(16(21)19-14)15(20)18-9-10-1-2-10/h3-8,10H,1-2,9H2,(H,18,20)(H,19,21). The van der Waals surface area contributed by atoms with Gasteiger partial charge in [0, 0.05) is 17.3 Å². The van der Waals surface area contributed by atoms with Gasteiger partial charge in [-0.25, -0.2) is 0 Å². The van der Waals surface area contributed by atoms with Crippen molar-refractivity contribution < 1.29 is 4.79 Å². The molecule has 1 aliphatic carbocycles. The number of pyridine rings is 1. The van der Waals surface area contributed by atoms with Gasteiger partial charge < -0.3 is 10.3 Å². The monoisotopic (exact) mass is 302 g/mol. The largest absolute Gasteiger partial charge is 0.352 e. The number of nitrogens with one attached hydrogen (secondary N) is 2. The van der Waals surface area contributed by atoms with E-state index in [1.807, 2.05) is 12.1 Å². The number of halogens is 1. The van der Waals surface area contributed by atoms with Gasteiger partial charge in [-0.3, -0.25) is 9.59 Å². The molecule has 21 heavy (non-hydrogen) atoms. The lowest BCUT2D eigenvalue weighted by atomic mass is 10.1. The minimum Gasteiger partial charge on any atom is -0.352 e. The number of carbonyl (C=O) groups is 1. The zero-order chi connectivity index (χ0) is 14.8. The van der Waals surface area contributed by atoms with E-state index in [1.165, 1.54) is 0 Å². The first-order valence-corrected chi connectivity index (χ1v) is 7.29. The van der Waals surface area contributed by atoms with Crippen molar-refractivity contribution in [2.75, 3.05) is 6.54 Å². The number of hydrogen-bond donors (Lipinski definition) is 2. The molecule has 1 aliphatic rings. The van der Waals surface area contributed by atoms with Crippen LogP contribution in [0.15, 0.2) is 41.2 Å². The molecule has 0 bridgehead atoms. The van der Waals surface area contributed by atoms with Crippen LogP contribution in [0.1, 0.15) is 23.2 Å². The van der Waals surface area contributed by atoms with Crippen LogP contribution in [0.5, 0.6) is 0 Å². The summed E-state index contributed by atoms with van der Waals surface area (Å²) in [7, 11) is 0. The van der Waals surface area contributed by atoms with E-state index >= 15 is 0 Å². The third-order valence-corrected chi connectivity index (χ3v) is 3.81. The van der Waals surface area contributed by atoms with Crippen LogP contribution in [0.4, 0.5) is 0 Å². The van der Waals surface area contributed by atoms with Gasteiger partial charge in [-0.05, 0) is 48.6 Å². The molecule has 3 rings (SSSR count). The fraction of sp³-hybridized carbons (Fsp3) is 0.250. The number of hydrogen-bond acceptors (Lipinski definition) is 2. The van der Waals surface area contributed by atoms with Crippen molar-refractivity contribution >= 4 is 17.5 Å². The predicted molar refractivity (Wildman–Crippen MR) is 82.6 cm³/mol. The third kappa shape index (κ3) is 3.34. The Balaban J connectivity index is 1.80. The highest BCUT2D eigenvalue weighted by molar-refractivity contribution is 6.30. The fourth-order valence-electron chi connectivity index (χ4n) is 2.10. The highest BCUT2D eigenvalue weighted by Crippen LogP contribution is 2.27. The van der Waals surface area contributed by atoms with Gasteiger partial charge in [0.05, 0.1) is 0 Å². The number of rotatable bonds is 4. The molecule has 1 saturated carbocycles. The van der Waals surface area contributed by atoms with E-state index in [0.717, 1.165) is 18.4 Å². The lowest BCUT2D eigenvalue weighted by Gasteiger charge is -2.05. The van der Waals surface area contributed by atoms with Crippen molar-refractivity contribution in [3.05, 3.63) is 57.3 Å². The van der Waals surface area contributed by atoms with E-state index in [0.29, 0.717) is 23.2 Å². The summed E-state index contributed by atoms with van der Waals surface area (Å²) in [5.74, 6) is 0.271. The van der Waals surface area contributed by atoms with Gasteiger partial charge in [0.25, 0.3) is 11.5 Å².